The number of hydrogen-bond acceptors (Lipinski definition) is 5. The van der Waals surface area contributed by atoms with Crippen molar-refractivity contribution in [2.75, 3.05) is 5.75 Å². The quantitative estimate of drug-likeness (QED) is 0.152. The average molecular weight is 572 g/mol. The molecule has 0 unspecified atom stereocenters. The van der Waals surface area contributed by atoms with Crippen molar-refractivity contribution in [2.24, 2.45) is 0 Å². The van der Waals surface area contributed by atoms with Crippen LogP contribution in [0.25, 0.3) is 11.1 Å². The molecule has 0 spiro atoms. The lowest BCUT2D eigenvalue weighted by Gasteiger charge is -2.23. The molecule has 0 aliphatic heterocycles. The van der Waals surface area contributed by atoms with Gasteiger partial charge in [0.2, 0.25) is 5.76 Å². The van der Waals surface area contributed by atoms with Gasteiger partial charge in [-0.3, -0.25) is 4.79 Å². The Bertz CT molecular complexity index is 1430. The summed E-state index contributed by atoms with van der Waals surface area (Å²) in [7, 11) is 0. The van der Waals surface area contributed by atoms with Gasteiger partial charge in [0.05, 0.1) is 12.3 Å². The number of hydrogen-bond donors (Lipinski definition) is 1. The third-order valence-corrected chi connectivity index (χ3v) is 8.26. The second-order valence-corrected chi connectivity index (χ2v) is 11.4. The predicted molar refractivity (Wildman–Crippen MR) is 150 cm³/mol. The molecule has 0 fully saturated rings. The molecule has 1 aromatic heterocycles. The summed E-state index contributed by atoms with van der Waals surface area (Å²) in [6.07, 6.45) is -4.53. The number of carbonyl (C=O) groups is 1. The molecule has 4 nitrogen and oxygen atoms in total. The molecule has 0 aliphatic rings. The van der Waals surface area contributed by atoms with Gasteiger partial charge in [-0.15, -0.1) is 11.8 Å². The molecule has 1 heterocycles. The second-order valence-electron chi connectivity index (χ2n) is 9.29. The zero-order valence-corrected chi connectivity index (χ0v) is 23.3. The van der Waals surface area contributed by atoms with Crippen molar-refractivity contribution < 1.29 is 27.5 Å². The van der Waals surface area contributed by atoms with Gasteiger partial charge < -0.3 is 9.52 Å². The minimum Gasteiger partial charge on any atom is -0.481 e. The van der Waals surface area contributed by atoms with Crippen molar-refractivity contribution >= 4 is 29.7 Å². The second kappa shape index (κ2) is 12.4. The maximum absolute atomic E-state index is 13.1. The summed E-state index contributed by atoms with van der Waals surface area (Å²) in [6.45, 7) is 6.78. The molecule has 0 aliphatic carbocycles. The maximum Gasteiger partial charge on any atom is 0.449 e. The Morgan fingerprint density at radius 3 is 2.21 bits per heavy atom. The number of carboxylic acid groups (broad SMARTS) is 1. The standard InChI is InChI=1S/C30H28F3NO3S2/c1-19-13-20(2)29(21(3)14-19)39-34(17-25-11-12-27(37-25)30(31,32)33)16-22-7-9-23(10-8-22)24-5-4-6-26(15-24)38-18-28(35)36/h4-15H,16-18H2,1-3H3,(H,35,36). The largest absolute Gasteiger partial charge is 0.481 e. The zero-order valence-electron chi connectivity index (χ0n) is 21.7. The first-order chi connectivity index (χ1) is 18.5. The molecular weight excluding hydrogens is 543 g/mol. The number of alkyl halides is 3. The molecule has 0 atom stereocenters. The molecule has 204 valence electrons. The van der Waals surface area contributed by atoms with Gasteiger partial charge in [0.15, 0.2) is 0 Å². The van der Waals surface area contributed by atoms with Crippen molar-refractivity contribution in [3.8, 4) is 11.1 Å². The van der Waals surface area contributed by atoms with Crippen LogP contribution in [-0.4, -0.2) is 21.1 Å². The van der Waals surface area contributed by atoms with E-state index in [-0.39, 0.29) is 18.1 Å². The predicted octanol–water partition coefficient (Wildman–Crippen LogP) is 8.78. The molecule has 0 radical (unpaired) electrons. The topological polar surface area (TPSA) is 53.7 Å². The Morgan fingerprint density at radius 1 is 0.897 bits per heavy atom. The molecule has 1 N–H and O–H groups in total. The number of halogens is 3. The van der Waals surface area contributed by atoms with Crippen LogP contribution in [0.2, 0.25) is 0 Å². The van der Waals surface area contributed by atoms with Gasteiger partial charge in [0.25, 0.3) is 0 Å². The summed E-state index contributed by atoms with van der Waals surface area (Å²) in [6, 6.07) is 22.2. The van der Waals surface area contributed by atoms with Crippen LogP contribution in [-0.2, 0) is 24.1 Å². The lowest BCUT2D eigenvalue weighted by molar-refractivity contribution is -0.153. The van der Waals surface area contributed by atoms with E-state index in [4.69, 9.17) is 9.52 Å². The van der Waals surface area contributed by atoms with E-state index in [9.17, 15) is 18.0 Å². The number of nitrogens with zero attached hydrogens (tertiary/aromatic N) is 1. The highest BCUT2D eigenvalue weighted by atomic mass is 32.2. The van der Waals surface area contributed by atoms with E-state index >= 15 is 0 Å². The van der Waals surface area contributed by atoms with Crippen molar-refractivity contribution in [3.05, 3.63) is 107 Å². The number of aliphatic carboxylic acids is 1. The van der Waals surface area contributed by atoms with Crippen molar-refractivity contribution in [1.82, 2.24) is 4.31 Å². The molecule has 39 heavy (non-hydrogen) atoms. The van der Waals surface area contributed by atoms with Gasteiger partial charge in [-0.05, 0) is 84.8 Å². The fourth-order valence-electron chi connectivity index (χ4n) is 4.27. The molecule has 4 rings (SSSR count). The van der Waals surface area contributed by atoms with Crippen molar-refractivity contribution in [1.29, 1.82) is 0 Å². The van der Waals surface area contributed by atoms with Crippen LogP contribution in [0.5, 0.6) is 0 Å². The Hall–Kier alpha value is -3.14. The molecule has 3 aromatic carbocycles. The molecule has 4 aromatic rings. The van der Waals surface area contributed by atoms with Gasteiger partial charge in [-0.2, -0.15) is 13.2 Å². The van der Waals surface area contributed by atoms with Crippen LogP contribution < -0.4 is 0 Å². The molecule has 0 amide bonds. The normalized spacial score (nSPS) is 11.8. The van der Waals surface area contributed by atoms with Crippen LogP contribution in [0.3, 0.4) is 0 Å². The smallest absolute Gasteiger partial charge is 0.449 e. The van der Waals surface area contributed by atoms with Gasteiger partial charge >= 0.3 is 12.1 Å². The SMILES string of the molecule is Cc1cc(C)c(SN(Cc2ccc(-c3cccc(SCC(=O)O)c3)cc2)Cc2ccc(C(F)(F)F)o2)c(C)c1. The fraction of sp³-hybridized carbons (Fsp3) is 0.233. The molecule has 0 saturated heterocycles. The van der Waals surface area contributed by atoms with E-state index in [1.54, 1.807) is 0 Å². The van der Waals surface area contributed by atoms with Crippen molar-refractivity contribution in [3.63, 3.8) is 0 Å². The van der Waals surface area contributed by atoms with E-state index in [2.05, 4.69) is 12.1 Å². The van der Waals surface area contributed by atoms with E-state index in [0.717, 1.165) is 49.2 Å². The van der Waals surface area contributed by atoms with Gasteiger partial charge in [-0.1, -0.05) is 54.1 Å². The summed E-state index contributed by atoms with van der Waals surface area (Å²) in [5, 5.41) is 8.95. The molecule has 0 saturated carbocycles. The summed E-state index contributed by atoms with van der Waals surface area (Å²) in [5.74, 6) is -1.63. The highest BCUT2D eigenvalue weighted by Crippen LogP contribution is 2.35. The van der Waals surface area contributed by atoms with E-state index < -0.39 is 17.9 Å². The van der Waals surface area contributed by atoms with E-state index in [1.807, 2.05) is 73.6 Å². The summed E-state index contributed by atoms with van der Waals surface area (Å²) in [5.41, 5.74) is 6.32. The Kier molecular flexibility index (Phi) is 9.15. The zero-order chi connectivity index (χ0) is 28.2. The van der Waals surface area contributed by atoms with E-state index in [0.29, 0.717) is 6.54 Å². The lowest BCUT2D eigenvalue weighted by atomic mass is 10.0. The Balaban J connectivity index is 1.56. The van der Waals surface area contributed by atoms with Crippen LogP contribution in [0.4, 0.5) is 13.2 Å². The Labute approximate surface area is 234 Å². The number of aryl methyl sites for hydroxylation is 3. The third kappa shape index (κ3) is 7.94. The first-order valence-corrected chi connectivity index (χ1v) is 13.9. The van der Waals surface area contributed by atoms with E-state index in [1.165, 1.54) is 29.8 Å². The number of benzene rings is 3. The number of thioether (sulfide) groups is 1. The number of rotatable bonds is 10. The first kappa shape index (κ1) is 28.9. The molecule has 9 heteroatoms. The number of carboxylic acids is 1. The summed E-state index contributed by atoms with van der Waals surface area (Å²) >= 11 is 2.78. The molecular formula is C30H28F3NO3S2. The van der Waals surface area contributed by atoms with Crippen molar-refractivity contribution in [2.45, 2.75) is 49.8 Å². The minimum atomic E-state index is -4.53. The summed E-state index contributed by atoms with van der Waals surface area (Å²) < 4.78 is 46.5. The maximum atomic E-state index is 13.1. The Morgan fingerprint density at radius 2 is 1.59 bits per heavy atom. The first-order valence-electron chi connectivity index (χ1n) is 12.2. The van der Waals surface area contributed by atoms with Gasteiger partial charge in [0.1, 0.15) is 5.76 Å². The third-order valence-electron chi connectivity index (χ3n) is 5.94. The van der Waals surface area contributed by atoms with Gasteiger partial charge in [-0.25, -0.2) is 4.31 Å². The minimum absolute atomic E-state index is 0.00401. The van der Waals surface area contributed by atoms with Crippen LogP contribution in [0.15, 0.2) is 87.0 Å². The highest BCUT2D eigenvalue weighted by Gasteiger charge is 2.35. The monoisotopic (exact) mass is 571 g/mol. The van der Waals surface area contributed by atoms with Crippen LogP contribution in [0.1, 0.15) is 33.8 Å². The summed E-state index contributed by atoms with van der Waals surface area (Å²) in [4.78, 5) is 12.8. The highest BCUT2D eigenvalue weighted by molar-refractivity contribution is 8.00. The fourth-order valence-corrected chi connectivity index (χ4v) is 6.01. The van der Waals surface area contributed by atoms with Gasteiger partial charge in [0, 0.05) is 16.3 Å². The molecule has 0 bridgehead atoms. The number of furan rings is 1. The van der Waals surface area contributed by atoms with Crippen LogP contribution in [0, 0.1) is 20.8 Å². The van der Waals surface area contributed by atoms with Crippen LogP contribution >= 0.6 is 23.7 Å². The lowest BCUT2D eigenvalue weighted by Crippen LogP contribution is -2.15. The average Bonchev–Trinajstić information content (AvgIpc) is 3.35.